The van der Waals surface area contributed by atoms with Crippen LogP contribution in [0.2, 0.25) is 0 Å². The minimum Gasteiger partial charge on any atom is -0.337 e. The highest BCUT2D eigenvalue weighted by Gasteiger charge is 2.24. The molecule has 0 atom stereocenters. The van der Waals surface area contributed by atoms with Crippen LogP contribution in [0.3, 0.4) is 0 Å². The average Bonchev–Trinajstić information content (AvgIpc) is 2.65. The van der Waals surface area contributed by atoms with Gasteiger partial charge in [-0.1, -0.05) is 0 Å². The van der Waals surface area contributed by atoms with E-state index in [1.54, 1.807) is 11.3 Å². The first kappa shape index (κ1) is 12.2. The molecule has 2 aliphatic rings. The molecule has 98 valence electrons. The Hall–Kier alpha value is -0.870. The van der Waals surface area contributed by atoms with E-state index in [2.05, 4.69) is 10.7 Å². The van der Waals surface area contributed by atoms with Gasteiger partial charge in [-0.2, -0.15) is 0 Å². The van der Waals surface area contributed by atoms with Crippen LogP contribution < -0.4 is 5.32 Å². The van der Waals surface area contributed by atoms with Gasteiger partial charge in [0.25, 0.3) is 5.91 Å². The van der Waals surface area contributed by atoms with E-state index < -0.39 is 0 Å². The Morgan fingerprint density at radius 3 is 3.00 bits per heavy atom. The van der Waals surface area contributed by atoms with Crippen molar-refractivity contribution in [3.05, 3.63) is 21.4 Å². The Morgan fingerprint density at radius 1 is 1.17 bits per heavy atom. The van der Waals surface area contributed by atoms with Gasteiger partial charge < -0.3 is 10.2 Å². The summed E-state index contributed by atoms with van der Waals surface area (Å²) in [5.74, 6) is 0.262. The van der Waals surface area contributed by atoms with Crippen molar-refractivity contribution in [2.75, 3.05) is 26.2 Å². The van der Waals surface area contributed by atoms with Crippen molar-refractivity contribution in [3.8, 4) is 0 Å². The van der Waals surface area contributed by atoms with E-state index in [9.17, 15) is 4.79 Å². The first-order valence-corrected chi connectivity index (χ1v) is 7.83. The molecule has 0 unspecified atom stereocenters. The van der Waals surface area contributed by atoms with E-state index in [1.165, 1.54) is 29.7 Å². The molecule has 1 aromatic rings. The van der Waals surface area contributed by atoms with Gasteiger partial charge in [0.1, 0.15) is 0 Å². The molecule has 4 heteroatoms. The van der Waals surface area contributed by atoms with Crippen LogP contribution in [0.1, 0.15) is 40.1 Å². The molecule has 1 aliphatic heterocycles. The normalized spacial score (nSPS) is 20.3. The SMILES string of the molecule is O=C(c1csc2c1CCCC2)N1CCCNCC1. The highest BCUT2D eigenvalue weighted by Crippen LogP contribution is 2.30. The lowest BCUT2D eigenvalue weighted by Crippen LogP contribution is -2.34. The summed E-state index contributed by atoms with van der Waals surface area (Å²) in [6, 6.07) is 0. The number of hydrogen-bond acceptors (Lipinski definition) is 3. The largest absolute Gasteiger partial charge is 0.337 e. The van der Waals surface area contributed by atoms with Crippen LogP contribution in [0, 0.1) is 0 Å². The molecule has 0 bridgehead atoms. The minimum absolute atomic E-state index is 0.262. The lowest BCUT2D eigenvalue weighted by Gasteiger charge is -2.21. The Kier molecular flexibility index (Phi) is 3.66. The highest BCUT2D eigenvalue weighted by molar-refractivity contribution is 7.10. The minimum atomic E-state index is 0.262. The second-order valence-corrected chi connectivity index (χ2v) is 6.12. The van der Waals surface area contributed by atoms with Gasteiger partial charge in [-0.3, -0.25) is 4.79 Å². The van der Waals surface area contributed by atoms with Crippen LogP contribution in [0.4, 0.5) is 0 Å². The van der Waals surface area contributed by atoms with Crippen LogP contribution in [-0.4, -0.2) is 37.0 Å². The van der Waals surface area contributed by atoms with Crippen molar-refractivity contribution in [2.45, 2.75) is 32.1 Å². The molecule has 1 aromatic heterocycles. The maximum absolute atomic E-state index is 12.6. The molecule has 0 saturated carbocycles. The topological polar surface area (TPSA) is 32.3 Å². The molecule has 1 amide bonds. The zero-order chi connectivity index (χ0) is 12.4. The molecule has 1 saturated heterocycles. The summed E-state index contributed by atoms with van der Waals surface area (Å²) in [7, 11) is 0. The fourth-order valence-corrected chi connectivity index (χ4v) is 4.01. The van der Waals surface area contributed by atoms with Gasteiger partial charge in [-0.05, 0) is 44.2 Å². The van der Waals surface area contributed by atoms with Crippen LogP contribution in [-0.2, 0) is 12.8 Å². The number of fused-ring (bicyclic) bond motifs is 1. The Labute approximate surface area is 112 Å². The lowest BCUT2D eigenvalue weighted by atomic mass is 9.95. The molecule has 1 aliphatic carbocycles. The quantitative estimate of drug-likeness (QED) is 0.842. The van der Waals surface area contributed by atoms with Gasteiger partial charge >= 0.3 is 0 Å². The smallest absolute Gasteiger partial charge is 0.255 e. The number of nitrogens with one attached hydrogen (secondary N) is 1. The number of aryl methyl sites for hydroxylation is 1. The summed E-state index contributed by atoms with van der Waals surface area (Å²) in [5, 5.41) is 5.44. The Bertz CT molecular complexity index is 433. The summed E-state index contributed by atoms with van der Waals surface area (Å²) < 4.78 is 0. The standard InChI is InChI=1S/C14H20N2OS/c17-14(16-8-3-6-15-7-9-16)12-10-18-13-5-2-1-4-11(12)13/h10,15H,1-9H2. The molecule has 1 fully saturated rings. The van der Waals surface area contributed by atoms with E-state index in [4.69, 9.17) is 0 Å². The molecule has 0 radical (unpaired) electrons. The van der Waals surface area contributed by atoms with E-state index >= 15 is 0 Å². The first-order chi connectivity index (χ1) is 8.86. The number of thiophene rings is 1. The number of carbonyl (C=O) groups excluding carboxylic acids is 1. The number of rotatable bonds is 1. The van der Waals surface area contributed by atoms with E-state index in [1.807, 2.05) is 4.90 Å². The molecular formula is C14H20N2OS. The molecule has 18 heavy (non-hydrogen) atoms. The molecule has 3 nitrogen and oxygen atoms in total. The number of hydrogen-bond donors (Lipinski definition) is 1. The van der Waals surface area contributed by atoms with Crippen LogP contribution >= 0.6 is 11.3 Å². The van der Waals surface area contributed by atoms with E-state index in [0.29, 0.717) is 0 Å². The third kappa shape index (κ3) is 2.31. The van der Waals surface area contributed by atoms with Gasteiger partial charge in [-0.25, -0.2) is 0 Å². The number of carbonyl (C=O) groups is 1. The zero-order valence-corrected chi connectivity index (χ0v) is 11.5. The molecular weight excluding hydrogens is 244 g/mol. The third-order valence-corrected chi connectivity index (χ3v) is 5.01. The summed E-state index contributed by atoms with van der Waals surface area (Å²) in [6.07, 6.45) is 5.87. The maximum Gasteiger partial charge on any atom is 0.255 e. The predicted octanol–water partition coefficient (Wildman–Crippen LogP) is 2.06. The van der Waals surface area contributed by atoms with Crippen molar-refractivity contribution in [1.29, 1.82) is 0 Å². The molecule has 1 N–H and O–H groups in total. The van der Waals surface area contributed by atoms with Crippen molar-refractivity contribution in [3.63, 3.8) is 0 Å². The van der Waals surface area contributed by atoms with Gasteiger partial charge in [0, 0.05) is 29.9 Å². The molecule has 2 heterocycles. The van der Waals surface area contributed by atoms with Crippen LogP contribution in [0.25, 0.3) is 0 Å². The van der Waals surface area contributed by atoms with Crippen molar-refractivity contribution in [1.82, 2.24) is 10.2 Å². The third-order valence-electron chi connectivity index (χ3n) is 3.92. The monoisotopic (exact) mass is 264 g/mol. The lowest BCUT2D eigenvalue weighted by molar-refractivity contribution is 0.0765. The van der Waals surface area contributed by atoms with Gasteiger partial charge in [0.05, 0.1) is 5.56 Å². The molecule has 0 spiro atoms. The van der Waals surface area contributed by atoms with Crippen LogP contribution in [0.15, 0.2) is 5.38 Å². The molecule has 3 rings (SSSR count). The first-order valence-electron chi connectivity index (χ1n) is 6.95. The summed E-state index contributed by atoms with van der Waals surface area (Å²) in [6.45, 7) is 3.71. The second kappa shape index (κ2) is 5.41. The van der Waals surface area contributed by atoms with Crippen LogP contribution in [0.5, 0.6) is 0 Å². The highest BCUT2D eigenvalue weighted by atomic mass is 32.1. The number of nitrogens with zero attached hydrogens (tertiary/aromatic N) is 1. The summed E-state index contributed by atoms with van der Waals surface area (Å²) >= 11 is 1.79. The maximum atomic E-state index is 12.6. The number of amides is 1. The van der Waals surface area contributed by atoms with Gasteiger partial charge in [0.2, 0.25) is 0 Å². The van der Waals surface area contributed by atoms with Gasteiger partial charge in [-0.15, -0.1) is 11.3 Å². The summed E-state index contributed by atoms with van der Waals surface area (Å²) in [5.41, 5.74) is 2.35. The van der Waals surface area contributed by atoms with Crippen molar-refractivity contribution >= 4 is 17.2 Å². The fraction of sp³-hybridized carbons (Fsp3) is 0.643. The zero-order valence-electron chi connectivity index (χ0n) is 10.7. The van der Waals surface area contributed by atoms with Gasteiger partial charge in [0.15, 0.2) is 0 Å². The van der Waals surface area contributed by atoms with E-state index in [0.717, 1.165) is 44.6 Å². The summed E-state index contributed by atoms with van der Waals surface area (Å²) in [4.78, 5) is 16.1. The fourth-order valence-electron chi connectivity index (χ4n) is 2.89. The predicted molar refractivity (Wildman–Crippen MR) is 74.4 cm³/mol. The Morgan fingerprint density at radius 2 is 2.06 bits per heavy atom. The van der Waals surface area contributed by atoms with E-state index in [-0.39, 0.29) is 5.91 Å². The second-order valence-electron chi connectivity index (χ2n) is 5.15. The van der Waals surface area contributed by atoms with Crippen molar-refractivity contribution < 1.29 is 4.79 Å². The molecule has 0 aromatic carbocycles. The Balaban J connectivity index is 1.80. The average molecular weight is 264 g/mol. The van der Waals surface area contributed by atoms with Crippen molar-refractivity contribution in [2.24, 2.45) is 0 Å².